The minimum Gasteiger partial charge on any atom is -0.295 e. The van der Waals surface area contributed by atoms with Crippen LogP contribution in [0.25, 0.3) is 0 Å². The number of carbonyl (C=O) groups is 1. The van der Waals surface area contributed by atoms with E-state index < -0.39 is 0 Å². The average molecular weight is 202 g/mol. The fourth-order valence-electron chi connectivity index (χ4n) is 2.77. The van der Waals surface area contributed by atoms with Gasteiger partial charge in [0.1, 0.15) is 0 Å². The first kappa shape index (κ1) is 10.4. The van der Waals surface area contributed by atoms with Gasteiger partial charge in [-0.25, -0.2) is 0 Å². The first-order valence-corrected chi connectivity index (χ1v) is 5.83. The molecule has 80 valence electrons. The summed E-state index contributed by atoms with van der Waals surface area (Å²) in [5.74, 6) is 1.49. The Labute approximate surface area is 91.6 Å². The van der Waals surface area contributed by atoms with E-state index in [9.17, 15) is 4.79 Å². The molecular weight excluding hydrogens is 184 g/mol. The second-order valence-electron chi connectivity index (χ2n) is 4.77. The number of hydrogen-bond acceptors (Lipinski definition) is 1. The molecule has 0 aromatic rings. The summed E-state index contributed by atoms with van der Waals surface area (Å²) < 4.78 is 0. The van der Waals surface area contributed by atoms with E-state index in [2.05, 4.69) is 19.2 Å². The lowest BCUT2D eigenvalue weighted by atomic mass is 9.83. The molecule has 0 aliphatic heterocycles. The van der Waals surface area contributed by atoms with Gasteiger partial charge in [0.2, 0.25) is 0 Å². The summed E-state index contributed by atoms with van der Waals surface area (Å²) >= 11 is 0. The summed E-state index contributed by atoms with van der Waals surface area (Å²) in [5, 5.41) is 0. The van der Waals surface area contributed by atoms with Crippen LogP contribution in [0.5, 0.6) is 0 Å². The highest BCUT2D eigenvalue weighted by atomic mass is 16.1. The number of hydrogen-bond donors (Lipinski definition) is 0. The topological polar surface area (TPSA) is 17.1 Å². The zero-order valence-electron chi connectivity index (χ0n) is 9.38. The molecule has 0 heterocycles. The van der Waals surface area contributed by atoms with Gasteiger partial charge < -0.3 is 0 Å². The van der Waals surface area contributed by atoms with Crippen LogP contribution in [-0.4, -0.2) is 5.78 Å². The summed E-state index contributed by atoms with van der Waals surface area (Å²) in [5.41, 5.74) is 5.79. The first-order valence-electron chi connectivity index (χ1n) is 5.83. The Hall–Kier alpha value is -1.07. The molecule has 1 saturated carbocycles. The van der Waals surface area contributed by atoms with E-state index in [1.54, 1.807) is 0 Å². The number of carbonyl (C=O) groups excluding carboxylic acids is 1. The van der Waals surface area contributed by atoms with Crippen molar-refractivity contribution in [3.05, 3.63) is 29.5 Å². The van der Waals surface area contributed by atoms with Crippen molar-refractivity contribution in [2.45, 2.75) is 39.0 Å². The minimum absolute atomic E-state index is 0.319. The standard InChI is InChI=1S/C14H18O/c1-3-11-4-5-12-6-7-14(15)9-13(12)8-10(11)2/h9-10,12H,1,4-8H2,2H3. The average Bonchev–Trinajstić information content (AvgIpc) is 2.35. The summed E-state index contributed by atoms with van der Waals surface area (Å²) in [6, 6.07) is 0. The third kappa shape index (κ3) is 2.13. The van der Waals surface area contributed by atoms with Gasteiger partial charge in [0, 0.05) is 6.42 Å². The van der Waals surface area contributed by atoms with Gasteiger partial charge in [0.15, 0.2) is 5.78 Å². The molecule has 1 heteroatoms. The highest BCUT2D eigenvalue weighted by molar-refractivity contribution is 5.91. The van der Waals surface area contributed by atoms with E-state index in [-0.39, 0.29) is 0 Å². The summed E-state index contributed by atoms with van der Waals surface area (Å²) in [6.45, 7) is 5.98. The molecule has 2 atom stereocenters. The quantitative estimate of drug-likeness (QED) is 0.550. The zero-order chi connectivity index (χ0) is 10.8. The van der Waals surface area contributed by atoms with Crippen LogP contribution in [0.4, 0.5) is 0 Å². The van der Waals surface area contributed by atoms with Crippen molar-refractivity contribution in [1.29, 1.82) is 0 Å². The van der Waals surface area contributed by atoms with Crippen molar-refractivity contribution in [2.24, 2.45) is 11.8 Å². The monoisotopic (exact) mass is 202 g/mol. The maximum Gasteiger partial charge on any atom is 0.155 e. The molecule has 2 aliphatic rings. The lowest BCUT2D eigenvalue weighted by molar-refractivity contribution is -0.115. The molecule has 15 heavy (non-hydrogen) atoms. The van der Waals surface area contributed by atoms with Gasteiger partial charge in [-0.1, -0.05) is 19.1 Å². The van der Waals surface area contributed by atoms with Crippen LogP contribution in [0.2, 0.25) is 0 Å². The van der Waals surface area contributed by atoms with E-state index in [0.29, 0.717) is 17.6 Å². The maximum atomic E-state index is 11.4. The normalized spacial score (nSPS) is 31.4. The molecule has 2 aliphatic carbocycles. The fraction of sp³-hybridized carbons (Fsp3) is 0.571. The molecule has 1 nitrogen and oxygen atoms in total. The van der Waals surface area contributed by atoms with Gasteiger partial charge in [0.25, 0.3) is 0 Å². The van der Waals surface area contributed by atoms with Gasteiger partial charge in [-0.2, -0.15) is 0 Å². The van der Waals surface area contributed by atoms with E-state index >= 15 is 0 Å². The van der Waals surface area contributed by atoms with Crippen molar-refractivity contribution in [1.82, 2.24) is 0 Å². The van der Waals surface area contributed by atoms with Gasteiger partial charge in [0.05, 0.1) is 0 Å². The Morgan fingerprint density at radius 1 is 1.40 bits per heavy atom. The molecular formula is C14H18O. The van der Waals surface area contributed by atoms with Gasteiger partial charge in [-0.15, -0.1) is 5.73 Å². The van der Waals surface area contributed by atoms with Crippen LogP contribution in [-0.2, 0) is 4.79 Å². The predicted molar refractivity (Wildman–Crippen MR) is 61.5 cm³/mol. The van der Waals surface area contributed by atoms with Gasteiger partial charge >= 0.3 is 0 Å². The smallest absolute Gasteiger partial charge is 0.155 e. The number of ketones is 1. The molecule has 0 radical (unpaired) electrons. The van der Waals surface area contributed by atoms with E-state index in [0.717, 1.165) is 25.7 Å². The van der Waals surface area contributed by atoms with Crippen molar-refractivity contribution < 1.29 is 4.79 Å². The third-order valence-corrected chi connectivity index (χ3v) is 3.74. The van der Waals surface area contributed by atoms with Crippen molar-refractivity contribution in [3.8, 4) is 0 Å². The summed E-state index contributed by atoms with van der Waals surface area (Å²) in [6.07, 6.45) is 7.03. The molecule has 0 aromatic heterocycles. The summed E-state index contributed by atoms with van der Waals surface area (Å²) in [4.78, 5) is 11.4. The van der Waals surface area contributed by atoms with E-state index in [4.69, 9.17) is 0 Å². The van der Waals surface area contributed by atoms with Gasteiger partial charge in [-0.3, -0.25) is 4.79 Å². The van der Waals surface area contributed by atoms with Crippen LogP contribution < -0.4 is 0 Å². The SMILES string of the molecule is C=C=C1CCC2CCC(=O)C=C2CC1C. The first-order chi connectivity index (χ1) is 7.20. The second-order valence-corrected chi connectivity index (χ2v) is 4.77. The van der Waals surface area contributed by atoms with Gasteiger partial charge in [-0.05, 0) is 49.2 Å². The Kier molecular flexibility index (Phi) is 2.93. The largest absolute Gasteiger partial charge is 0.295 e. The molecule has 0 N–H and O–H groups in total. The number of fused-ring (bicyclic) bond motifs is 1. The lowest BCUT2D eigenvalue weighted by Gasteiger charge is -2.21. The Morgan fingerprint density at radius 2 is 2.13 bits per heavy atom. The van der Waals surface area contributed by atoms with Crippen LogP contribution in [0.3, 0.4) is 0 Å². The zero-order valence-corrected chi connectivity index (χ0v) is 9.38. The Balaban J connectivity index is 2.26. The molecule has 2 rings (SSSR count). The molecule has 0 bridgehead atoms. The minimum atomic E-state index is 0.319. The third-order valence-electron chi connectivity index (χ3n) is 3.74. The Morgan fingerprint density at radius 3 is 2.87 bits per heavy atom. The van der Waals surface area contributed by atoms with Crippen LogP contribution in [0, 0.1) is 11.8 Å². The molecule has 0 aromatic carbocycles. The number of rotatable bonds is 0. The van der Waals surface area contributed by atoms with Crippen molar-refractivity contribution in [3.63, 3.8) is 0 Å². The molecule has 0 saturated heterocycles. The van der Waals surface area contributed by atoms with Crippen LogP contribution in [0.15, 0.2) is 29.5 Å². The maximum absolute atomic E-state index is 11.4. The van der Waals surface area contributed by atoms with Crippen molar-refractivity contribution in [2.75, 3.05) is 0 Å². The highest BCUT2D eigenvalue weighted by Crippen LogP contribution is 2.38. The molecule has 1 fully saturated rings. The second kappa shape index (κ2) is 4.20. The fourth-order valence-corrected chi connectivity index (χ4v) is 2.77. The lowest BCUT2D eigenvalue weighted by Crippen LogP contribution is -2.13. The molecule has 0 spiro atoms. The molecule has 0 amide bonds. The van der Waals surface area contributed by atoms with E-state index in [1.165, 1.54) is 17.6 Å². The number of allylic oxidation sites excluding steroid dienone is 3. The van der Waals surface area contributed by atoms with E-state index in [1.807, 2.05) is 6.08 Å². The van der Waals surface area contributed by atoms with Crippen LogP contribution >= 0.6 is 0 Å². The highest BCUT2D eigenvalue weighted by Gasteiger charge is 2.27. The predicted octanol–water partition coefficient (Wildman–Crippen LogP) is 3.42. The van der Waals surface area contributed by atoms with Crippen molar-refractivity contribution >= 4 is 5.78 Å². The summed E-state index contributed by atoms with van der Waals surface area (Å²) in [7, 11) is 0. The Bertz CT molecular complexity index is 356. The molecule has 2 unspecified atom stereocenters. The van der Waals surface area contributed by atoms with Crippen LogP contribution in [0.1, 0.15) is 39.0 Å².